The highest BCUT2D eigenvalue weighted by Crippen LogP contribution is 2.39. The molecule has 122 valence electrons. The molecular formula is C23H24O. The monoisotopic (exact) mass is 316 g/mol. The molecule has 1 aromatic rings. The van der Waals surface area contributed by atoms with Crippen LogP contribution >= 0.6 is 0 Å². The summed E-state index contributed by atoms with van der Waals surface area (Å²) in [6, 6.07) is 3.53. The van der Waals surface area contributed by atoms with E-state index in [1.54, 1.807) is 6.07 Å². The van der Waals surface area contributed by atoms with Gasteiger partial charge in [0.2, 0.25) is 0 Å². The Labute approximate surface area is 145 Å². The molecule has 0 saturated heterocycles. The van der Waals surface area contributed by atoms with Crippen molar-refractivity contribution in [1.29, 1.82) is 0 Å². The summed E-state index contributed by atoms with van der Waals surface area (Å²) in [5.41, 5.74) is 3.80. The molecule has 0 heterocycles. The van der Waals surface area contributed by atoms with Crippen LogP contribution in [0.3, 0.4) is 0 Å². The van der Waals surface area contributed by atoms with Gasteiger partial charge in [0.1, 0.15) is 5.75 Å². The molecule has 1 N–H and O–H groups in total. The third kappa shape index (κ3) is 4.18. The molecule has 1 unspecified atom stereocenters. The van der Waals surface area contributed by atoms with Gasteiger partial charge >= 0.3 is 0 Å². The summed E-state index contributed by atoms with van der Waals surface area (Å²) in [4.78, 5) is 0. The Morgan fingerprint density at radius 2 is 2.08 bits per heavy atom. The number of hydrogen-bond acceptors (Lipinski definition) is 1. The molecule has 1 heteroatoms. The van der Waals surface area contributed by atoms with Crippen LogP contribution in [-0.2, 0) is 6.42 Å². The first-order chi connectivity index (χ1) is 11.7. The summed E-state index contributed by atoms with van der Waals surface area (Å²) in [6.45, 7) is 6.21. The summed E-state index contributed by atoms with van der Waals surface area (Å²) >= 11 is 0. The molecule has 0 radical (unpaired) electrons. The van der Waals surface area contributed by atoms with Crippen molar-refractivity contribution in [2.24, 2.45) is 0 Å². The molecule has 1 aliphatic rings. The van der Waals surface area contributed by atoms with E-state index in [4.69, 9.17) is 6.42 Å². The second-order valence-electron chi connectivity index (χ2n) is 5.81. The number of aromatic hydroxyl groups is 1. The van der Waals surface area contributed by atoms with Crippen LogP contribution in [0.1, 0.15) is 42.4 Å². The Morgan fingerprint density at radius 1 is 1.29 bits per heavy atom. The molecular weight excluding hydrogens is 292 g/mol. The first-order valence-corrected chi connectivity index (χ1v) is 8.30. The summed E-state index contributed by atoms with van der Waals surface area (Å²) in [5.74, 6) is 3.08. The lowest BCUT2D eigenvalue weighted by Gasteiger charge is -2.23. The van der Waals surface area contributed by atoms with E-state index in [-0.39, 0.29) is 5.92 Å². The van der Waals surface area contributed by atoms with Crippen LogP contribution in [0.2, 0.25) is 0 Å². The Kier molecular flexibility index (Phi) is 6.46. The standard InChI is InChI=1S/C23H24O/c1-4-6-10-13-18(3)20-14-11-8-7-9-12-15-21-19(5-2)16-17-22(24)23(20)21/h2,4,6-11,13,16-17,20,24H,3,12,14-15H2,1H3/b6-4-,9-7-,11-8-,13-10-. The van der Waals surface area contributed by atoms with Gasteiger partial charge in [-0.3, -0.25) is 0 Å². The Hall–Kier alpha value is -2.72. The van der Waals surface area contributed by atoms with Gasteiger partial charge in [-0.15, -0.1) is 6.42 Å². The molecule has 0 aliphatic heterocycles. The summed E-state index contributed by atoms with van der Waals surface area (Å²) < 4.78 is 0. The smallest absolute Gasteiger partial charge is 0.119 e. The molecule has 24 heavy (non-hydrogen) atoms. The van der Waals surface area contributed by atoms with Crippen molar-refractivity contribution in [3.63, 3.8) is 0 Å². The zero-order valence-corrected chi connectivity index (χ0v) is 14.2. The molecule has 0 bridgehead atoms. The van der Waals surface area contributed by atoms with E-state index in [1.807, 2.05) is 37.3 Å². The number of fused-ring (bicyclic) bond motifs is 1. The largest absolute Gasteiger partial charge is 0.508 e. The van der Waals surface area contributed by atoms with E-state index in [9.17, 15) is 5.11 Å². The van der Waals surface area contributed by atoms with E-state index >= 15 is 0 Å². The summed E-state index contributed by atoms with van der Waals surface area (Å²) in [7, 11) is 0. The topological polar surface area (TPSA) is 20.2 Å². The van der Waals surface area contributed by atoms with Crippen LogP contribution < -0.4 is 0 Å². The Balaban J connectivity index is 2.57. The van der Waals surface area contributed by atoms with Crippen molar-refractivity contribution >= 4 is 0 Å². The van der Waals surface area contributed by atoms with E-state index in [2.05, 4.69) is 36.8 Å². The third-order valence-electron chi connectivity index (χ3n) is 4.22. The number of hydrogen-bond donors (Lipinski definition) is 1. The minimum atomic E-state index is 0.0116. The highest BCUT2D eigenvalue weighted by Gasteiger charge is 2.22. The Bertz CT molecular complexity index is 751. The first-order valence-electron chi connectivity index (χ1n) is 8.30. The van der Waals surface area contributed by atoms with Crippen LogP contribution in [0.25, 0.3) is 0 Å². The van der Waals surface area contributed by atoms with Gasteiger partial charge in [0.15, 0.2) is 0 Å². The maximum absolute atomic E-state index is 10.6. The fraction of sp³-hybridized carbons (Fsp3) is 0.217. The van der Waals surface area contributed by atoms with Gasteiger partial charge in [-0.05, 0) is 49.5 Å². The number of phenolic OH excluding ortho intramolecular Hbond substituents is 1. The highest BCUT2D eigenvalue weighted by atomic mass is 16.3. The molecule has 0 fully saturated rings. The number of benzene rings is 1. The molecule has 1 aromatic carbocycles. The van der Waals surface area contributed by atoms with Crippen molar-refractivity contribution in [3.8, 4) is 18.1 Å². The molecule has 1 atom stereocenters. The Morgan fingerprint density at radius 3 is 2.83 bits per heavy atom. The molecule has 1 nitrogen and oxygen atoms in total. The summed E-state index contributed by atoms with van der Waals surface area (Å²) in [6.07, 6.45) is 24.5. The van der Waals surface area contributed by atoms with Gasteiger partial charge in [0.25, 0.3) is 0 Å². The predicted octanol–water partition coefficient (Wildman–Crippen LogP) is 5.59. The van der Waals surface area contributed by atoms with Gasteiger partial charge in [-0.2, -0.15) is 0 Å². The second-order valence-corrected chi connectivity index (χ2v) is 5.81. The van der Waals surface area contributed by atoms with Crippen molar-refractivity contribution in [2.45, 2.75) is 32.1 Å². The van der Waals surface area contributed by atoms with Gasteiger partial charge in [0.05, 0.1) is 0 Å². The van der Waals surface area contributed by atoms with Crippen molar-refractivity contribution in [3.05, 3.63) is 89.6 Å². The van der Waals surface area contributed by atoms with Crippen LogP contribution in [0.5, 0.6) is 5.75 Å². The van der Waals surface area contributed by atoms with Gasteiger partial charge < -0.3 is 5.11 Å². The van der Waals surface area contributed by atoms with E-state index in [0.29, 0.717) is 5.75 Å². The number of phenols is 1. The lowest BCUT2D eigenvalue weighted by molar-refractivity contribution is 0.463. The van der Waals surface area contributed by atoms with Crippen molar-refractivity contribution < 1.29 is 5.11 Å². The average molecular weight is 316 g/mol. The molecule has 2 rings (SSSR count). The average Bonchev–Trinajstić information content (AvgIpc) is 2.59. The highest BCUT2D eigenvalue weighted by molar-refractivity contribution is 5.55. The zero-order chi connectivity index (χ0) is 17.4. The van der Waals surface area contributed by atoms with Crippen LogP contribution in [0.15, 0.2) is 72.9 Å². The van der Waals surface area contributed by atoms with Gasteiger partial charge in [-0.25, -0.2) is 0 Å². The fourth-order valence-corrected chi connectivity index (χ4v) is 3.00. The normalized spacial score (nSPS) is 20.4. The van der Waals surface area contributed by atoms with E-state index in [0.717, 1.165) is 41.5 Å². The zero-order valence-electron chi connectivity index (χ0n) is 14.2. The number of allylic oxidation sites excluding steroid dienone is 9. The quantitative estimate of drug-likeness (QED) is 0.569. The third-order valence-corrected chi connectivity index (χ3v) is 4.22. The predicted molar refractivity (Wildman–Crippen MR) is 103 cm³/mol. The molecule has 0 spiro atoms. The maximum atomic E-state index is 10.6. The second kappa shape index (κ2) is 8.79. The van der Waals surface area contributed by atoms with Gasteiger partial charge in [-0.1, -0.05) is 61.1 Å². The van der Waals surface area contributed by atoms with Crippen LogP contribution in [0, 0.1) is 12.3 Å². The number of terminal acetylenes is 1. The van der Waals surface area contributed by atoms with Crippen molar-refractivity contribution in [2.75, 3.05) is 0 Å². The van der Waals surface area contributed by atoms with E-state index in [1.165, 1.54) is 0 Å². The summed E-state index contributed by atoms with van der Waals surface area (Å²) in [5, 5.41) is 10.6. The van der Waals surface area contributed by atoms with Crippen LogP contribution in [0.4, 0.5) is 0 Å². The van der Waals surface area contributed by atoms with Crippen molar-refractivity contribution in [1.82, 2.24) is 0 Å². The lowest BCUT2D eigenvalue weighted by atomic mass is 9.82. The maximum Gasteiger partial charge on any atom is 0.119 e. The molecule has 0 amide bonds. The van der Waals surface area contributed by atoms with Gasteiger partial charge in [0, 0.05) is 17.0 Å². The SMILES string of the molecule is C#Cc1ccc(O)c2c1CC/C=C\C=C/CC2C(=C)/C=C\C=C/C. The van der Waals surface area contributed by atoms with E-state index < -0.39 is 0 Å². The minimum Gasteiger partial charge on any atom is -0.508 e. The molecule has 0 aromatic heterocycles. The van der Waals surface area contributed by atoms with Crippen LogP contribution in [-0.4, -0.2) is 5.11 Å². The fourth-order valence-electron chi connectivity index (χ4n) is 3.00. The minimum absolute atomic E-state index is 0.0116. The molecule has 1 aliphatic carbocycles. The first kappa shape index (κ1) is 17.6. The lowest BCUT2D eigenvalue weighted by Crippen LogP contribution is -2.07. The number of rotatable bonds is 3. The molecule has 0 saturated carbocycles.